The highest BCUT2D eigenvalue weighted by molar-refractivity contribution is 5.78. The van der Waals surface area contributed by atoms with Gasteiger partial charge in [-0.25, -0.2) is 4.79 Å². The first-order valence-electron chi connectivity index (χ1n) is 8.57. The predicted molar refractivity (Wildman–Crippen MR) is 95.8 cm³/mol. The van der Waals surface area contributed by atoms with Gasteiger partial charge in [0.25, 0.3) is 5.56 Å². The zero-order chi connectivity index (χ0) is 17.6. The van der Waals surface area contributed by atoms with Gasteiger partial charge in [-0.15, -0.1) is 0 Å². The van der Waals surface area contributed by atoms with E-state index in [9.17, 15) is 14.4 Å². The molecule has 1 aromatic carbocycles. The monoisotopic (exact) mass is 345 g/mol. The number of aromatic amines is 1. The Kier molecular flexibility index (Phi) is 5.62. The van der Waals surface area contributed by atoms with E-state index in [1.54, 1.807) is 24.3 Å². The van der Waals surface area contributed by atoms with Gasteiger partial charge in [0.05, 0.1) is 10.9 Å². The summed E-state index contributed by atoms with van der Waals surface area (Å²) < 4.78 is 0.938. The highest BCUT2D eigenvalue weighted by Gasteiger charge is 2.12. The van der Waals surface area contributed by atoms with Gasteiger partial charge in [0.15, 0.2) is 0 Å². The third-order valence-electron chi connectivity index (χ3n) is 4.37. The molecule has 8 nitrogen and oxygen atoms in total. The molecule has 3 rings (SSSR count). The summed E-state index contributed by atoms with van der Waals surface area (Å²) in [5, 5.41) is 6.47. The van der Waals surface area contributed by atoms with Crippen molar-refractivity contribution in [3.8, 4) is 0 Å². The van der Waals surface area contributed by atoms with Crippen LogP contribution in [0.15, 0.2) is 33.9 Å². The van der Waals surface area contributed by atoms with Gasteiger partial charge >= 0.3 is 5.69 Å². The second-order valence-electron chi connectivity index (χ2n) is 6.16. The molecule has 1 aromatic heterocycles. The Morgan fingerprint density at radius 2 is 1.92 bits per heavy atom. The quantitative estimate of drug-likeness (QED) is 0.590. The maximum atomic E-state index is 12.4. The van der Waals surface area contributed by atoms with E-state index in [1.807, 2.05) is 0 Å². The Morgan fingerprint density at radius 3 is 2.72 bits per heavy atom. The van der Waals surface area contributed by atoms with Crippen molar-refractivity contribution in [2.45, 2.75) is 13.0 Å². The third-order valence-corrected chi connectivity index (χ3v) is 4.37. The van der Waals surface area contributed by atoms with E-state index in [2.05, 4.69) is 20.5 Å². The molecule has 1 amide bonds. The topological polar surface area (TPSA) is 99.2 Å². The number of aromatic nitrogens is 2. The van der Waals surface area contributed by atoms with Gasteiger partial charge in [-0.2, -0.15) is 0 Å². The Bertz CT molecular complexity index is 851. The number of rotatable bonds is 6. The summed E-state index contributed by atoms with van der Waals surface area (Å²) in [6, 6.07) is 6.77. The molecule has 1 fully saturated rings. The smallest absolute Gasteiger partial charge is 0.329 e. The summed E-state index contributed by atoms with van der Waals surface area (Å²) >= 11 is 0. The highest BCUT2D eigenvalue weighted by atomic mass is 16.2. The maximum absolute atomic E-state index is 12.4. The number of para-hydroxylation sites is 1. The van der Waals surface area contributed by atoms with Crippen molar-refractivity contribution in [3.63, 3.8) is 0 Å². The lowest BCUT2D eigenvalue weighted by Crippen LogP contribution is -2.44. The van der Waals surface area contributed by atoms with Gasteiger partial charge < -0.3 is 20.5 Å². The number of carbonyl (C=O) groups is 1. The molecule has 1 aliphatic heterocycles. The van der Waals surface area contributed by atoms with Crippen LogP contribution in [-0.2, 0) is 11.3 Å². The molecule has 3 N–H and O–H groups in total. The van der Waals surface area contributed by atoms with E-state index in [-0.39, 0.29) is 12.5 Å². The minimum absolute atomic E-state index is 0.271. The van der Waals surface area contributed by atoms with E-state index in [4.69, 9.17) is 0 Å². The molecule has 1 aliphatic rings. The molecule has 0 spiro atoms. The molecule has 0 saturated carbocycles. The Balaban J connectivity index is 1.55. The minimum atomic E-state index is -0.570. The van der Waals surface area contributed by atoms with Crippen molar-refractivity contribution in [1.82, 2.24) is 25.1 Å². The van der Waals surface area contributed by atoms with Crippen LogP contribution >= 0.6 is 0 Å². The first-order chi connectivity index (χ1) is 12.1. The molecule has 25 heavy (non-hydrogen) atoms. The number of benzene rings is 1. The average Bonchev–Trinajstić information content (AvgIpc) is 2.63. The van der Waals surface area contributed by atoms with E-state index in [0.717, 1.165) is 43.7 Å². The lowest BCUT2D eigenvalue weighted by atomic mass is 10.2. The standard InChI is InChI=1S/C17H23N5O3/c23-15(19-6-3-9-21-10-7-18-8-11-21)12-22-16(24)13-4-1-2-5-14(13)20-17(22)25/h1-2,4-5,18H,3,6-12H2,(H,19,23)(H,20,25). The van der Waals surface area contributed by atoms with Gasteiger partial charge in [0, 0.05) is 32.7 Å². The van der Waals surface area contributed by atoms with Gasteiger partial charge in [0.1, 0.15) is 6.54 Å². The zero-order valence-corrected chi connectivity index (χ0v) is 14.1. The Labute approximate surface area is 144 Å². The van der Waals surface area contributed by atoms with Crippen molar-refractivity contribution in [3.05, 3.63) is 45.1 Å². The van der Waals surface area contributed by atoms with E-state index in [1.165, 1.54) is 0 Å². The summed E-state index contributed by atoms with van der Waals surface area (Å²) in [7, 11) is 0. The number of piperazine rings is 1. The minimum Gasteiger partial charge on any atom is -0.354 e. The molecule has 2 heterocycles. The van der Waals surface area contributed by atoms with Crippen LogP contribution < -0.4 is 21.9 Å². The fourth-order valence-electron chi connectivity index (χ4n) is 3.01. The van der Waals surface area contributed by atoms with E-state index in [0.29, 0.717) is 17.4 Å². The molecule has 0 radical (unpaired) electrons. The van der Waals surface area contributed by atoms with Crippen LogP contribution in [-0.4, -0.2) is 59.6 Å². The predicted octanol–water partition coefficient (Wildman–Crippen LogP) is -0.899. The van der Waals surface area contributed by atoms with Gasteiger partial charge in [-0.05, 0) is 25.1 Å². The Hall–Kier alpha value is -2.45. The van der Waals surface area contributed by atoms with E-state index < -0.39 is 11.2 Å². The maximum Gasteiger partial charge on any atom is 0.329 e. The number of amides is 1. The van der Waals surface area contributed by atoms with Crippen LogP contribution in [0.1, 0.15) is 6.42 Å². The second-order valence-corrected chi connectivity index (χ2v) is 6.16. The van der Waals surface area contributed by atoms with Crippen molar-refractivity contribution >= 4 is 16.8 Å². The summed E-state index contributed by atoms with van der Waals surface area (Å²) in [6.07, 6.45) is 0.842. The molecule has 0 aliphatic carbocycles. The van der Waals surface area contributed by atoms with Crippen LogP contribution in [0.5, 0.6) is 0 Å². The van der Waals surface area contributed by atoms with Crippen LogP contribution in [0.2, 0.25) is 0 Å². The summed E-state index contributed by atoms with van der Waals surface area (Å²) in [4.78, 5) is 41.4. The molecule has 0 bridgehead atoms. The number of carbonyl (C=O) groups excluding carboxylic acids is 1. The molecule has 2 aromatic rings. The Morgan fingerprint density at radius 1 is 1.16 bits per heavy atom. The third kappa shape index (κ3) is 4.34. The van der Waals surface area contributed by atoms with Gasteiger partial charge in [-0.1, -0.05) is 12.1 Å². The highest BCUT2D eigenvalue weighted by Crippen LogP contribution is 2.02. The summed E-state index contributed by atoms with van der Waals surface area (Å²) in [5.74, 6) is -0.330. The largest absolute Gasteiger partial charge is 0.354 e. The van der Waals surface area contributed by atoms with Crippen molar-refractivity contribution < 1.29 is 4.79 Å². The summed E-state index contributed by atoms with van der Waals surface area (Å²) in [6.45, 7) is 5.24. The fraction of sp³-hybridized carbons (Fsp3) is 0.471. The van der Waals surface area contributed by atoms with Crippen molar-refractivity contribution in [2.24, 2.45) is 0 Å². The number of hydrogen-bond donors (Lipinski definition) is 3. The summed E-state index contributed by atoms with van der Waals surface area (Å²) in [5.41, 5.74) is -0.542. The molecule has 8 heteroatoms. The molecular formula is C17H23N5O3. The van der Waals surface area contributed by atoms with Crippen LogP contribution in [0.4, 0.5) is 0 Å². The second kappa shape index (κ2) is 8.09. The number of H-pyrrole nitrogens is 1. The van der Waals surface area contributed by atoms with Gasteiger partial charge in [-0.3, -0.25) is 14.2 Å². The van der Waals surface area contributed by atoms with Crippen LogP contribution in [0.3, 0.4) is 0 Å². The zero-order valence-electron chi connectivity index (χ0n) is 14.1. The number of hydrogen-bond acceptors (Lipinski definition) is 5. The number of nitrogens with zero attached hydrogens (tertiary/aromatic N) is 2. The molecule has 0 atom stereocenters. The average molecular weight is 345 g/mol. The number of nitrogens with one attached hydrogen (secondary N) is 3. The lowest BCUT2D eigenvalue weighted by molar-refractivity contribution is -0.121. The molecule has 1 saturated heterocycles. The van der Waals surface area contributed by atoms with Gasteiger partial charge in [0.2, 0.25) is 5.91 Å². The van der Waals surface area contributed by atoms with Crippen LogP contribution in [0, 0.1) is 0 Å². The molecule has 134 valence electrons. The number of fused-ring (bicyclic) bond motifs is 1. The van der Waals surface area contributed by atoms with Crippen LogP contribution in [0.25, 0.3) is 10.9 Å². The first-order valence-corrected chi connectivity index (χ1v) is 8.57. The van der Waals surface area contributed by atoms with Crippen molar-refractivity contribution in [2.75, 3.05) is 39.3 Å². The molecule has 0 unspecified atom stereocenters. The molecular weight excluding hydrogens is 322 g/mol. The van der Waals surface area contributed by atoms with Crippen molar-refractivity contribution in [1.29, 1.82) is 0 Å². The fourth-order valence-corrected chi connectivity index (χ4v) is 3.01. The lowest BCUT2D eigenvalue weighted by Gasteiger charge is -2.27. The normalized spacial score (nSPS) is 15.4. The SMILES string of the molecule is O=C(Cn1c(=O)[nH]c2ccccc2c1=O)NCCCN1CCNCC1. The van der Waals surface area contributed by atoms with E-state index >= 15 is 0 Å². The first kappa shape index (κ1) is 17.4.